The molecule has 0 aliphatic carbocycles. The number of nitrogens with zero attached hydrogens (tertiary/aromatic N) is 1. The zero-order chi connectivity index (χ0) is 12.5. The molecule has 2 unspecified atom stereocenters. The van der Waals surface area contributed by atoms with Crippen molar-refractivity contribution >= 4 is 11.3 Å². The first kappa shape index (κ1) is 13.0. The predicted octanol–water partition coefficient (Wildman–Crippen LogP) is 2.76. The van der Waals surface area contributed by atoms with Crippen molar-refractivity contribution in [1.29, 1.82) is 0 Å². The highest BCUT2D eigenvalue weighted by Gasteiger charge is 2.45. The fraction of sp³-hybridized carbons (Fsp3) is 0.769. The maximum atomic E-state index is 5.77. The Morgan fingerprint density at radius 3 is 2.76 bits per heavy atom. The van der Waals surface area contributed by atoms with E-state index in [2.05, 4.69) is 33.0 Å². The van der Waals surface area contributed by atoms with Crippen molar-refractivity contribution in [2.45, 2.75) is 52.2 Å². The molecule has 0 bridgehead atoms. The molecular weight excluding hydrogens is 232 g/mol. The first-order valence-electron chi connectivity index (χ1n) is 6.41. The Morgan fingerprint density at radius 1 is 1.53 bits per heavy atom. The first-order chi connectivity index (χ1) is 8.10. The lowest BCUT2D eigenvalue weighted by molar-refractivity contribution is 0.0819. The van der Waals surface area contributed by atoms with E-state index in [0.29, 0.717) is 0 Å². The topological polar surface area (TPSA) is 34.2 Å². The van der Waals surface area contributed by atoms with E-state index < -0.39 is 0 Å². The number of ether oxygens (including phenoxy) is 1. The minimum Gasteiger partial charge on any atom is -0.376 e. The van der Waals surface area contributed by atoms with Crippen LogP contribution in [0.3, 0.4) is 0 Å². The van der Waals surface area contributed by atoms with Gasteiger partial charge in [-0.15, -0.1) is 11.3 Å². The molecule has 3 nitrogen and oxygen atoms in total. The molecule has 0 amide bonds. The van der Waals surface area contributed by atoms with Gasteiger partial charge in [-0.05, 0) is 40.2 Å². The lowest BCUT2D eigenvalue weighted by Gasteiger charge is -2.31. The summed E-state index contributed by atoms with van der Waals surface area (Å²) in [5, 5.41) is 4.87. The molecular formula is C13H22N2OS. The van der Waals surface area contributed by atoms with Crippen LogP contribution in [0.25, 0.3) is 0 Å². The molecule has 1 aromatic heterocycles. The first-order valence-corrected chi connectivity index (χ1v) is 7.23. The van der Waals surface area contributed by atoms with Crippen molar-refractivity contribution in [3.8, 4) is 0 Å². The highest BCUT2D eigenvalue weighted by Crippen LogP contribution is 2.38. The van der Waals surface area contributed by atoms with Gasteiger partial charge in [0.2, 0.25) is 0 Å². The molecule has 0 spiro atoms. The number of hydrogen-bond acceptors (Lipinski definition) is 4. The van der Waals surface area contributed by atoms with E-state index in [-0.39, 0.29) is 11.6 Å². The monoisotopic (exact) mass is 254 g/mol. The number of nitrogens with one attached hydrogen (secondary N) is 1. The molecule has 2 heterocycles. The fourth-order valence-electron chi connectivity index (χ4n) is 2.34. The van der Waals surface area contributed by atoms with E-state index in [4.69, 9.17) is 9.72 Å². The van der Waals surface area contributed by atoms with Gasteiger partial charge in [0.1, 0.15) is 5.01 Å². The molecule has 1 aliphatic rings. The number of aryl methyl sites for hydroxylation is 2. The molecule has 1 fully saturated rings. The van der Waals surface area contributed by atoms with Crippen LogP contribution in [-0.2, 0) is 10.3 Å². The van der Waals surface area contributed by atoms with Gasteiger partial charge < -0.3 is 10.1 Å². The molecule has 1 aliphatic heterocycles. The van der Waals surface area contributed by atoms with Crippen LogP contribution in [0, 0.1) is 13.8 Å². The molecule has 2 atom stereocenters. The molecule has 1 saturated heterocycles. The van der Waals surface area contributed by atoms with Crippen molar-refractivity contribution in [2.75, 3.05) is 13.2 Å². The van der Waals surface area contributed by atoms with E-state index in [1.165, 1.54) is 9.88 Å². The Morgan fingerprint density at radius 2 is 2.29 bits per heavy atom. The summed E-state index contributed by atoms with van der Waals surface area (Å²) < 4.78 is 5.77. The zero-order valence-electron chi connectivity index (χ0n) is 11.2. The highest BCUT2D eigenvalue weighted by atomic mass is 32.1. The quantitative estimate of drug-likeness (QED) is 0.897. The average molecular weight is 254 g/mol. The van der Waals surface area contributed by atoms with Gasteiger partial charge in [0.05, 0.1) is 17.3 Å². The van der Waals surface area contributed by atoms with E-state index in [0.717, 1.165) is 31.7 Å². The summed E-state index contributed by atoms with van der Waals surface area (Å²) in [7, 11) is 0. The van der Waals surface area contributed by atoms with Gasteiger partial charge in [-0.3, -0.25) is 0 Å². The van der Waals surface area contributed by atoms with Crippen LogP contribution in [0.4, 0.5) is 0 Å². The summed E-state index contributed by atoms with van der Waals surface area (Å²) in [5.74, 6) is 0. The lowest BCUT2D eigenvalue weighted by atomic mass is 9.92. The van der Waals surface area contributed by atoms with Gasteiger partial charge in [0.15, 0.2) is 0 Å². The Hall–Kier alpha value is -0.450. The van der Waals surface area contributed by atoms with Crippen LogP contribution < -0.4 is 5.32 Å². The Kier molecular flexibility index (Phi) is 3.85. The number of thiazole rings is 1. The second-order valence-corrected chi connectivity index (χ2v) is 6.02. The Labute approximate surface area is 108 Å². The second kappa shape index (κ2) is 5.04. The minimum atomic E-state index is -0.0559. The van der Waals surface area contributed by atoms with Gasteiger partial charge in [-0.25, -0.2) is 4.98 Å². The van der Waals surface area contributed by atoms with Crippen molar-refractivity contribution < 1.29 is 4.74 Å². The second-order valence-electron chi connectivity index (χ2n) is 4.82. The summed E-state index contributed by atoms with van der Waals surface area (Å²) in [6.45, 7) is 10.4. The Bertz CT molecular complexity index is 371. The number of aromatic nitrogens is 1. The summed E-state index contributed by atoms with van der Waals surface area (Å²) in [4.78, 5) is 6.06. The molecule has 2 rings (SSSR count). The third-order valence-corrected chi connectivity index (χ3v) is 4.91. The van der Waals surface area contributed by atoms with E-state index in [9.17, 15) is 0 Å². The number of hydrogen-bond donors (Lipinski definition) is 1. The molecule has 0 radical (unpaired) electrons. The summed E-state index contributed by atoms with van der Waals surface area (Å²) >= 11 is 1.81. The van der Waals surface area contributed by atoms with Gasteiger partial charge in [0, 0.05) is 11.5 Å². The fourth-order valence-corrected chi connectivity index (χ4v) is 3.53. The summed E-state index contributed by atoms with van der Waals surface area (Å²) in [5.41, 5.74) is 1.10. The van der Waals surface area contributed by atoms with E-state index in [1.54, 1.807) is 0 Å². The van der Waals surface area contributed by atoms with Crippen LogP contribution in [0.1, 0.15) is 42.3 Å². The highest BCUT2D eigenvalue weighted by molar-refractivity contribution is 7.11. The molecule has 1 aromatic rings. The molecule has 96 valence electrons. The van der Waals surface area contributed by atoms with E-state index in [1.807, 2.05) is 11.3 Å². The molecule has 17 heavy (non-hydrogen) atoms. The normalized spacial score (nSPS) is 28.8. The third kappa shape index (κ3) is 2.26. The van der Waals surface area contributed by atoms with E-state index >= 15 is 0 Å². The zero-order valence-corrected chi connectivity index (χ0v) is 12.0. The molecule has 0 aromatic carbocycles. The largest absolute Gasteiger partial charge is 0.376 e. The SMILES string of the molecule is CCCNC1(c2nc(C)c(C)s2)CCOC1C. The standard InChI is InChI=1S/C13H22N2OS/c1-5-7-14-13(6-8-16-11(13)4)12-15-9(2)10(3)17-12/h11,14H,5-8H2,1-4H3. The molecule has 1 N–H and O–H groups in total. The van der Waals surface area contributed by atoms with Crippen LogP contribution >= 0.6 is 11.3 Å². The Balaban J connectivity index is 2.32. The van der Waals surface area contributed by atoms with Crippen LogP contribution in [0.5, 0.6) is 0 Å². The van der Waals surface area contributed by atoms with Crippen LogP contribution in [-0.4, -0.2) is 24.2 Å². The molecule has 4 heteroatoms. The van der Waals surface area contributed by atoms with Crippen molar-refractivity contribution in [2.24, 2.45) is 0 Å². The minimum absolute atomic E-state index is 0.0559. The third-order valence-electron chi connectivity index (χ3n) is 3.66. The smallest absolute Gasteiger partial charge is 0.116 e. The van der Waals surface area contributed by atoms with Crippen molar-refractivity contribution in [1.82, 2.24) is 10.3 Å². The van der Waals surface area contributed by atoms with Gasteiger partial charge in [-0.1, -0.05) is 6.92 Å². The summed E-state index contributed by atoms with van der Waals surface area (Å²) in [6.07, 6.45) is 2.37. The van der Waals surface area contributed by atoms with Gasteiger partial charge in [-0.2, -0.15) is 0 Å². The van der Waals surface area contributed by atoms with Gasteiger partial charge >= 0.3 is 0 Å². The lowest BCUT2D eigenvalue weighted by Crippen LogP contribution is -2.47. The van der Waals surface area contributed by atoms with Crippen LogP contribution in [0.15, 0.2) is 0 Å². The maximum Gasteiger partial charge on any atom is 0.116 e. The van der Waals surface area contributed by atoms with Crippen molar-refractivity contribution in [3.05, 3.63) is 15.6 Å². The van der Waals surface area contributed by atoms with Gasteiger partial charge in [0.25, 0.3) is 0 Å². The molecule has 0 saturated carbocycles. The maximum absolute atomic E-state index is 5.77. The average Bonchev–Trinajstić information content (AvgIpc) is 2.82. The number of rotatable bonds is 4. The van der Waals surface area contributed by atoms with Crippen molar-refractivity contribution in [3.63, 3.8) is 0 Å². The summed E-state index contributed by atoms with van der Waals surface area (Å²) in [6, 6.07) is 0. The van der Waals surface area contributed by atoms with Crippen LogP contribution in [0.2, 0.25) is 0 Å². The predicted molar refractivity (Wildman–Crippen MR) is 71.6 cm³/mol.